The molecule has 1 fully saturated rings. The molecule has 1 N–H and O–H groups in total. The third-order valence-corrected chi connectivity index (χ3v) is 6.76. The highest BCUT2D eigenvalue weighted by Crippen LogP contribution is 2.38. The van der Waals surface area contributed by atoms with Crippen LogP contribution in [0.4, 0.5) is 13.6 Å². The number of hydrogen-bond donors (Lipinski definition) is 1. The second-order valence-electron chi connectivity index (χ2n) is 10.3. The molecule has 0 saturated carbocycles. The summed E-state index contributed by atoms with van der Waals surface area (Å²) in [4.78, 5) is 26.8. The van der Waals surface area contributed by atoms with Crippen LogP contribution in [-0.4, -0.2) is 59.6 Å². The Kier molecular flexibility index (Phi) is 8.28. The average Bonchev–Trinajstić information content (AvgIpc) is 2.84. The molecule has 2 aliphatic rings. The molecule has 1 amide bonds. The van der Waals surface area contributed by atoms with E-state index in [9.17, 15) is 23.5 Å². The van der Waals surface area contributed by atoms with Gasteiger partial charge in [0.15, 0.2) is 11.6 Å². The van der Waals surface area contributed by atoms with Crippen LogP contribution in [0.1, 0.15) is 44.7 Å². The molecule has 2 atom stereocenters. The zero-order valence-corrected chi connectivity index (χ0v) is 22.2. The zero-order chi connectivity index (χ0) is 27.6. The van der Waals surface area contributed by atoms with Crippen molar-refractivity contribution in [2.75, 3.05) is 19.8 Å². The molecule has 1 saturated heterocycles. The van der Waals surface area contributed by atoms with Gasteiger partial charge in [-0.15, -0.1) is 0 Å². The first-order valence-corrected chi connectivity index (χ1v) is 12.7. The largest absolute Gasteiger partial charge is 0.489 e. The lowest BCUT2D eigenvalue weighted by molar-refractivity contribution is -0.135. The molecule has 2 aromatic carbocycles. The Morgan fingerprint density at radius 2 is 1.79 bits per heavy atom. The minimum absolute atomic E-state index is 0.0783. The number of nitrogens with zero attached hydrogens (tertiary/aromatic N) is 1. The number of hydrogen-bond acceptors (Lipinski definition) is 5. The summed E-state index contributed by atoms with van der Waals surface area (Å²) in [7, 11) is 0. The number of carbonyl (C=O) groups excluding carboxylic acids is 1. The highest BCUT2D eigenvalue weighted by atomic mass is 35.5. The molecule has 0 radical (unpaired) electrons. The molecular weight excluding hydrogens is 520 g/mol. The van der Waals surface area contributed by atoms with E-state index in [-0.39, 0.29) is 35.6 Å². The summed E-state index contributed by atoms with van der Waals surface area (Å²) in [6.45, 7) is 5.81. The van der Waals surface area contributed by atoms with Gasteiger partial charge < -0.3 is 19.3 Å². The highest BCUT2D eigenvalue weighted by molar-refractivity contribution is 6.32. The van der Waals surface area contributed by atoms with E-state index in [1.165, 1.54) is 4.90 Å². The molecular formula is C28H30ClF2NO6. The smallest absolute Gasteiger partial charge is 0.411 e. The minimum atomic E-state index is -1.10. The van der Waals surface area contributed by atoms with Crippen LogP contribution >= 0.6 is 11.6 Å². The molecule has 10 heteroatoms. The van der Waals surface area contributed by atoms with E-state index in [4.69, 9.17) is 25.8 Å². The molecule has 2 bridgehead atoms. The monoisotopic (exact) mass is 549 g/mol. The van der Waals surface area contributed by atoms with Gasteiger partial charge in [-0.2, -0.15) is 0 Å². The van der Waals surface area contributed by atoms with Crippen LogP contribution in [0.15, 0.2) is 42.0 Å². The van der Waals surface area contributed by atoms with E-state index < -0.39 is 35.3 Å². The van der Waals surface area contributed by atoms with Gasteiger partial charge in [-0.3, -0.25) is 4.90 Å². The van der Waals surface area contributed by atoms with Gasteiger partial charge >= 0.3 is 12.1 Å². The van der Waals surface area contributed by atoms with E-state index in [2.05, 4.69) is 0 Å². The summed E-state index contributed by atoms with van der Waals surface area (Å²) in [5, 5.41) is 9.71. The molecule has 1 unspecified atom stereocenters. The number of aryl methyl sites for hydroxylation is 1. The first-order valence-electron chi connectivity index (χ1n) is 12.4. The molecule has 2 aliphatic heterocycles. The van der Waals surface area contributed by atoms with Gasteiger partial charge in [-0.05, 0) is 68.9 Å². The van der Waals surface area contributed by atoms with Crippen molar-refractivity contribution in [3.05, 3.63) is 69.8 Å². The maximum absolute atomic E-state index is 13.9. The summed E-state index contributed by atoms with van der Waals surface area (Å²) in [6.07, 6.45) is 0.905. The Balaban J connectivity index is 1.47. The number of rotatable bonds is 7. The van der Waals surface area contributed by atoms with Gasteiger partial charge in [-0.1, -0.05) is 35.9 Å². The number of amides is 1. The lowest BCUT2D eigenvalue weighted by Gasteiger charge is -2.46. The molecule has 0 aromatic heterocycles. The Bertz CT molecular complexity index is 1240. The molecule has 7 nitrogen and oxygen atoms in total. The lowest BCUT2D eigenvalue weighted by Crippen LogP contribution is -2.59. The van der Waals surface area contributed by atoms with Crippen molar-refractivity contribution in [1.82, 2.24) is 4.90 Å². The van der Waals surface area contributed by atoms with Crippen molar-refractivity contribution in [3.8, 4) is 5.75 Å². The van der Waals surface area contributed by atoms with E-state index in [1.807, 2.05) is 24.3 Å². The summed E-state index contributed by atoms with van der Waals surface area (Å²) in [5.41, 5.74) is 1.81. The lowest BCUT2D eigenvalue weighted by atomic mass is 9.83. The van der Waals surface area contributed by atoms with E-state index in [0.29, 0.717) is 31.4 Å². The zero-order valence-electron chi connectivity index (χ0n) is 21.4. The SMILES string of the molecule is CC(C)(C)OC(=O)N1C2COC[C@@H]1C(C(=O)O)=C(c1ccc(CCCOc3c(F)ccc(F)c3Cl)cc1)C2. The van der Waals surface area contributed by atoms with Crippen molar-refractivity contribution < 1.29 is 37.7 Å². The predicted octanol–water partition coefficient (Wildman–Crippen LogP) is 5.88. The molecule has 2 aromatic rings. The number of fused-ring (bicyclic) bond motifs is 2. The van der Waals surface area contributed by atoms with E-state index in [1.54, 1.807) is 20.8 Å². The van der Waals surface area contributed by atoms with E-state index in [0.717, 1.165) is 23.3 Å². The normalized spacial score (nSPS) is 19.4. The van der Waals surface area contributed by atoms with Gasteiger partial charge in [0, 0.05) is 0 Å². The van der Waals surface area contributed by atoms with Crippen LogP contribution < -0.4 is 4.74 Å². The minimum Gasteiger partial charge on any atom is -0.489 e. The number of morpholine rings is 1. The summed E-state index contributed by atoms with van der Waals surface area (Å²) >= 11 is 5.79. The number of carbonyl (C=O) groups is 2. The van der Waals surface area contributed by atoms with E-state index >= 15 is 0 Å². The maximum atomic E-state index is 13.9. The van der Waals surface area contributed by atoms with Crippen LogP contribution in [-0.2, 0) is 20.7 Å². The Labute approximate surface area is 224 Å². The van der Waals surface area contributed by atoms with Crippen molar-refractivity contribution in [1.29, 1.82) is 0 Å². The number of halogens is 3. The second-order valence-corrected chi connectivity index (χ2v) is 10.7. The Hall–Kier alpha value is -3.17. The Morgan fingerprint density at radius 1 is 1.11 bits per heavy atom. The number of carboxylic acid groups (broad SMARTS) is 1. The number of carboxylic acids is 1. The van der Waals surface area contributed by atoms with Crippen molar-refractivity contribution in [2.24, 2.45) is 0 Å². The van der Waals surface area contributed by atoms with Gasteiger partial charge in [0.05, 0.1) is 37.5 Å². The van der Waals surface area contributed by atoms with Crippen molar-refractivity contribution in [3.63, 3.8) is 0 Å². The summed E-state index contributed by atoms with van der Waals surface area (Å²) in [6, 6.07) is 8.32. The number of benzene rings is 2. The fraction of sp³-hybridized carbons (Fsp3) is 0.429. The molecule has 38 heavy (non-hydrogen) atoms. The van der Waals surface area contributed by atoms with Crippen LogP contribution in [0.2, 0.25) is 5.02 Å². The standard InChI is InChI=1S/C28H30ClF2NO6/c1-28(2,3)38-27(35)32-18-13-19(23(26(33)34)22(32)15-36-14-18)17-8-6-16(7-9-17)5-4-12-37-25-21(31)11-10-20(30)24(25)29/h6-11,18,22H,4-5,12-15H2,1-3H3,(H,33,34)/t18?,22-/m1/s1. The highest BCUT2D eigenvalue weighted by Gasteiger charge is 2.46. The molecule has 4 rings (SSSR count). The van der Waals surface area contributed by atoms with Crippen molar-refractivity contribution in [2.45, 2.75) is 57.7 Å². The number of aliphatic carboxylic acids is 1. The maximum Gasteiger partial charge on any atom is 0.411 e. The fourth-order valence-electron chi connectivity index (χ4n) is 4.76. The van der Waals surface area contributed by atoms with Gasteiger partial charge in [-0.25, -0.2) is 18.4 Å². The summed E-state index contributed by atoms with van der Waals surface area (Å²) in [5.74, 6) is -2.88. The molecule has 0 aliphatic carbocycles. The van der Waals surface area contributed by atoms with Crippen LogP contribution in [0.5, 0.6) is 5.75 Å². The molecule has 0 spiro atoms. The fourth-order valence-corrected chi connectivity index (χ4v) is 4.96. The molecule has 204 valence electrons. The topological polar surface area (TPSA) is 85.3 Å². The summed E-state index contributed by atoms with van der Waals surface area (Å²) < 4.78 is 43.9. The first kappa shape index (κ1) is 27.9. The number of ether oxygens (including phenoxy) is 3. The van der Waals surface area contributed by atoms with Crippen LogP contribution in [0.25, 0.3) is 5.57 Å². The van der Waals surface area contributed by atoms with Gasteiger partial charge in [0.25, 0.3) is 0 Å². The van der Waals surface area contributed by atoms with Gasteiger partial charge in [0.2, 0.25) is 0 Å². The van der Waals surface area contributed by atoms with Crippen molar-refractivity contribution >= 4 is 29.2 Å². The molecule has 2 heterocycles. The van der Waals surface area contributed by atoms with Crippen LogP contribution in [0.3, 0.4) is 0 Å². The third-order valence-electron chi connectivity index (χ3n) is 6.41. The first-order chi connectivity index (χ1) is 18.0. The quantitative estimate of drug-likeness (QED) is 0.343. The predicted molar refractivity (Wildman–Crippen MR) is 137 cm³/mol. The second kappa shape index (κ2) is 11.3. The third kappa shape index (κ3) is 6.10. The Morgan fingerprint density at radius 3 is 2.45 bits per heavy atom. The average molecular weight is 550 g/mol. The van der Waals surface area contributed by atoms with Gasteiger partial charge in [0.1, 0.15) is 16.4 Å². The van der Waals surface area contributed by atoms with Crippen LogP contribution in [0, 0.1) is 11.6 Å².